The Morgan fingerprint density at radius 3 is 2.47 bits per heavy atom. The maximum atomic E-state index is 12.4. The molecule has 0 radical (unpaired) electrons. The minimum atomic E-state index is -0.492. The van der Waals surface area contributed by atoms with Crippen LogP contribution in [0.15, 0.2) is 0 Å². The molecule has 0 aliphatic heterocycles. The van der Waals surface area contributed by atoms with Crippen LogP contribution in [0.1, 0.15) is 39.0 Å². The molecule has 4 heteroatoms. The van der Waals surface area contributed by atoms with E-state index in [0.717, 1.165) is 31.8 Å². The van der Waals surface area contributed by atoms with E-state index >= 15 is 0 Å². The van der Waals surface area contributed by atoms with Crippen molar-refractivity contribution in [2.24, 2.45) is 11.8 Å². The van der Waals surface area contributed by atoms with Gasteiger partial charge in [-0.05, 0) is 58.5 Å². The van der Waals surface area contributed by atoms with Gasteiger partial charge in [-0.2, -0.15) is 0 Å². The second-order valence-corrected chi connectivity index (χ2v) is 6.21. The van der Waals surface area contributed by atoms with Crippen molar-refractivity contribution in [3.63, 3.8) is 0 Å². The van der Waals surface area contributed by atoms with Crippen LogP contribution in [0.3, 0.4) is 0 Å². The standard InChI is InChI=1S/C15H28N2O2/c1-4-19-14(18)15(16-2,13-8-9-13)11-17(3)10-12-6-5-7-12/h12-13,16H,4-11H2,1-3H3. The van der Waals surface area contributed by atoms with Gasteiger partial charge in [0.2, 0.25) is 0 Å². The Labute approximate surface area is 116 Å². The van der Waals surface area contributed by atoms with Gasteiger partial charge in [-0.3, -0.25) is 0 Å². The van der Waals surface area contributed by atoms with Crippen molar-refractivity contribution in [2.45, 2.75) is 44.6 Å². The van der Waals surface area contributed by atoms with E-state index in [1.807, 2.05) is 14.0 Å². The van der Waals surface area contributed by atoms with Gasteiger partial charge < -0.3 is 15.0 Å². The fourth-order valence-electron chi connectivity index (χ4n) is 3.19. The highest BCUT2D eigenvalue weighted by Gasteiger charge is 2.51. The molecule has 2 saturated carbocycles. The van der Waals surface area contributed by atoms with E-state index in [1.54, 1.807) is 0 Å². The Morgan fingerprint density at radius 1 is 1.37 bits per heavy atom. The summed E-state index contributed by atoms with van der Waals surface area (Å²) in [6, 6.07) is 0. The first-order valence-electron chi connectivity index (χ1n) is 7.67. The molecule has 0 aromatic rings. The number of esters is 1. The maximum absolute atomic E-state index is 12.4. The number of hydrogen-bond donors (Lipinski definition) is 1. The number of carbonyl (C=O) groups excluding carboxylic acids is 1. The summed E-state index contributed by atoms with van der Waals surface area (Å²) in [7, 11) is 4.03. The largest absolute Gasteiger partial charge is 0.465 e. The lowest BCUT2D eigenvalue weighted by atomic mass is 9.84. The number of ether oxygens (including phenoxy) is 1. The number of carbonyl (C=O) groups is 1. The molecule has 1 unspecified atom stereocenters. The predicted octanol–water partition coefficient (Wildman–Crippen LogP) is 1.65. The molecule has 0 heterocycles. The Morgan fingerprint density at radius 2 is 2.05 bits per heavy atom. The minimum Gasteiger partial charge on any atom is -0.465 e. The number of nitrogens with one attached hydrogen (secondary N) is 1. The van der Waals surface area contributed by atoms with Crippen LogP contribution in [0.25, 0.3) is 0 Å². The van der Waals surface area contributed by atoms with Crippen molar-refractivity contribution >= 4 is 5.97 Å². The zero-order valence-electron chi connectivity index (χ0n) is 12.6. The van der Waals surface area contributed by atoms with E-state index in [1.165, 1.54) is 19.3 Å². The first kappa shape index (κ1) is 14.8. The number of rotatable bonds is 8. The molecule has 0 saturated heterocycles. The molecule has 110 valence electrons. The fourth-order valence-corrected chi connectivity index (χ4v) is 3.19. The third-order valence-corrected chi connectivity index (χ3v) is 4.67. The Hall–Kier alpha value is -0.610. The fraction of sp³-hybridized carbons (Fsp3) is 0.933. The monoisotopic (exact) mass is 268 g/mol. The van der Waals surface area contributed by atoms with Crippen molar-refractivity contribution in [1.82, 2.24) is 10.2 Å². The lowest BCUT2D eigenvalue weighted by Crippen LogP contribution is -2.60. The van der Waals surface area contributed by atoms with Crippen molar-refractivity contribution in [2.75, 3.05) is 33.8 Å². The van der Waals surface area contributed by atoms with Crippen LogP contribution in [0.4, 0.5) is 0 Å². The van der Waals surface area contributed by atoms with E-state index in [4.69, 9.17) is 4.74 Å². The van der Waals surface area contributed by atoms with Gasteiger partial charge in [0, 0.05) is 13.1 Å². The summed E-state index contributed by atoms with van der Waals surface area (Å²) in [4.78, 5) is 14.7. The van der Waals surface area contributed by atoms with E-state index in [9.17, 15) is 4.79 Å². The van der Waals surface area contributed by atoms with E-state index in [-0.39, 0.29) is 5.97 Å². The molecule has 2 aliphatic carbocycles. The van der Waals surface area contributed by atoms with E-state index in [2.05, 4.69) is 17.3 Å². The van der Waals surface area contributed by atoms with Gasteiger partial charge in [-0.25, -0.2) is 4.79 Å². The highest BCUT2D eigenvalue weighted by molar-refractivity contribution is 5.82. The average Bonchev–Trinajstić information content (AvgIpc) is 3.15. The van der Waals surface area contributed by atoms with Crippen LogP contribution < -0.4 is 5.32 Å². The summed E-state index contributed by atoms with van der Waals surface area (Å²) in [5.41, 5.74) is -0.492. The van der Waals surface area contributed by atoms with Gasteiger partial charge >= 0.3 is 5.97 Å². The Balaban J connectivity index is 1.97. The number of hydrogen-bond acceptors (Lipinski definition) is 4. The summed E-state index contributed by atoms with van der Waals surface area (Å²) >= 11 is 0. The molecule has 0 spiro atoms. The van der Waals surface area contributed by atoms with Gasteiger partial charge in [-0.15, -0.1) is 0 Å². The molecule has 0 aromatic heterocycles. The molecular weight excluding hydrogens is 240 g/mol. The third kappa shape index (κ3) is 3.29. The highest BCUT2D eigenvalue weighted by atomic mass is 16.5. The van der Waals surface area contributed by atoms with Crippen LogP contribution in [0.2, 0.25) is 0 Å². The quantitative estimate of drug-likeness (QED) is 0.680. The summed E-state index contributed by atoms with van der Waals surface area (Å²) in [6.07, 6.45) is 6.34. The Kier molecular flexibility index (Phi) is 4.85. The van der Waals surface area contributed by atoms with Crippen LogP contribution in [-0.4, -0.2) is 50.2 Å². The summed E-state index contributed by atoms with van der Waals surface area (Å²) in [6.45, 7) is 4.21. The van der Waals surface area contributed by atoms with Crippen LogP contribution in [0.5, 0.6) is 0 Å². The van der Waals surface area contributed by atoms with Gasteiger partial charge in [0.15, 0.2) is 0 Å². The second kappa shape index (κ2) is 6.23. The first-order chi connectivity index (χ1) is 9.12. The zero-order chi connectivity index (χ0) is 13.9. The molecule has 2 aliphatic rings. The number of likely N-dealkylation sites (N-methyl/N-ethyl adjacent to an activating group) is 2. The molecule has 4 nitrogen and oxygen atoms in total. The Bertz CT molecular complexity index is 313. The summed E-state index contributed by atoms with van der Waals surface area (Å²) < 4.78 is 5.32. The smallest absolute Gasteiger partial charge is 0.327 e. The van der Waals surface area contributed by atoms with E-state index in [0.29, 0.717) is 12.5 Å². The lowest BCUT2D eigenvalue weighted by molar-refractivity contribution is -0.153. The van der Waals surface area contributed by atoms with E-state index < -0.39 is 5.54 Å². The van der Waals surface area contributed by atoms with Crippen LogP contribution >= 0.6 is 0 Å². The van der Waals surface area contributed by atoms with Gasteiger partial charge in [0.05, 0.1) is 6.61 Å². The highest BCUT2D eigenvalue weighted by Crippen LogP contribution is 2.41. The summed E-state index contributed by atoms with van der Waals surface area (Å²) in [5, 5.41) is 3.29. The molecule has 0 aromatic carbocycles. The van der Waals surface area contributed by atoms with Crippen molar-refractivity contribution in [3.8, 4) is 0 Å². The molecule has 0 amide bonds. The van der Waals surface area contributed by atoms with Crippen molar-refractivity contribution in [3.05, 3.63) is 0 Å². The predicted molar refractivity (Wildman–Crippen MR) is 76.0 cm³/mol. The van der Waals surface area contributed by atoms with Gasteiger partial charge in [-0.1, -0.05) is 6.42 Å². The average molecular weight is 268 g/mol. The van der Waals surface area contributed by atoms with Crippen molar-refractivity contribution in [1.29, 1.82) is 0 Å². The minimum absolute atomic E-state index is 0.0690. The summed E-state index contributed by atoms with van der Waals surface area (Å²) in [5.74, 6) is 1.21. The molecule has 2 rings (SSSR count). The third-order valence-electron chi connectivity index (χ3n) is 4.67. The molecule has 2 fully saturated rings. The normalized spacial score (nSPS) is 22.9. The molecular formula is C15H28N2O2. The van der Waals surface area contributed by atoms with Crippen LogP contribution in [0, 0.1) is 11.8 Å². The number of nitrogens with zero attached hydrogens (tertiary/aromatic N) is 1. The lowest BCUT2D eigenvalue weighted by Gasteiger charge is -2.37. The maximum Gasteiger partial charge on any atom is 0.327 e. The van der Waals surface area contributed by atoms with Crippen molar-refractivity contribution < 1.29 is 9.53 Å². The molecule has 1 atom stereocenters. The first-order valence-corrected chi connectivity index (χ1v) is 7.67. The molecule has 0 bridgehead atoms. The zero-order valence-corrected chi connectivity index (χ0v) is 12.6. The molecule has 19 heavy (non-hydrogen) atoms. The SMILES string of the molecule is CCOC(=O)C(CN(C)CC1CCC1)(NC)C1CC1. The topological polar surface area (TPSA) is 41.6 Å². The van der Waals surface area contributed by atoms with Gasteiger partial charge in [0.25, 0.3) is 0 Å². The van der Waals surface area contributed by atoms with Crippen LogP contribution in [-0.2, 0) is 9.53 Å². The second-order valence-electron chi connectivity index (χ2n) is 6.21. The van der Waals surface area contributed by atoms with Gasteiger partial charge in [0.1, 0.15) is 5.54 Å². The molecule has 1 N–H and O–H groups in total.